The summed E-state index contributed by atoms with van der Waals surface area (Å²) in [5.41, 5.74) is 3.22. The molecule has 0 saturated heterocycles. The summed E-state index contributed by atoms with van der Waals surface area (Å²) in [5, 5.41) is 21.1. The van der Waals surface area contributed by atoms with Crippen LogP contribution in [0.4, 0.5) is 0 Å². The molecule has 0 amide bonds. The van der Waals surface area contributed by atoms with Crippen LogP contribution in [0.5, 0.6) is 17.2 Å². The Hall–Kier alpha value is -1.38. The summed E-state index contributed by atoms with van der Waals surface area (Å²) in [5.74, 6) is 0.495. The van der Waals surface area contributed by atoms with Crippen molar-refractivity contribution in [3.63, 3.8) is 0 Å². The van der Waals surface area contributed by atoms with E-state index in [4.69, 9.17) is 4.74 Å². The number of aromatic hydroxyl groups is 2. The first-order valence-electron chi connectivity index (χ1n) is 9.83. The largest absolute Gasteiger partial charge is 0.504 e. The highest BCUT2D eigenvalue weighted by molar-refractivity contribution is 5.62. The third kappa shape index (κ3) is 5.32. The van der Waals surface area contributed by atoms with Crippen LogP contribution in [0.25, 0.3) is 0 Å². The van der Waals surface area contributed by atoms with E-state index < -0.39 is 0 Å². The predicted octanol–water partition coefficient (Wildman–Crippen LogP) is 5.91. The van der Waals surface area contributed by atoms with Crippen LogP contribution in [0.2, 0.25) is 0 Å². The first-order chi connectivity index (χ1) is 11.6. The van der Waals surface area contributed by atoms with Gasteiger partial charge < -0.3 is 14.9 Å². The van der Waals surface area contributed by atoms with E-state index in [0.29, 0.717) is 12.4 Å². The Bertz CT molecular complexity index is 495. The molecule has 0 spiro atoms. The molecule has 0 aliphatic heterocycles. The number of benzene rings is 1. The first-order valence-corrected chi connectivity index (χ1v) is 9.83. The van der Waals surface area contributed by atoms with Gasteiger partial charge in [-0.05, 0) is 31.2 Å². The topological polar surface area (TPSA) is 49.7 Å². The first kappa shape index (κ1) is 20.7. The van der Waals surface area contributed by atoms with Crippen LogP contribution in [0.1, 0.15) is 89.3 Å². The third-order valence-corrected chi connectivity index (χ3v) is 4.47. The molecule has 0 bridgehead atoms. The molecule has 0 radical (unpaired) electrons. The van der Waals surface area contributed by atoms with Gasteiger partial charge in [-0.2, -0.15) is 0 Å². The molecule has 0 unspecified atom stereocenters. The molecular formula is C21H36O3. The summed E-state index contributed by atoms with van der Waals surface area (Å²) in [7, 11) is 0. The van der Waals surface area contributed by atoms with E-state index in [0.717, 1.165) is 62.5 Å². The fourth-order valence-electron chi connectivity index (χ4n) is 3.30. The van der Waals surface area contributed by atoms with Crippen LogP contribution in [0, 0.1) is 0 Å². The highest BCUT2D eigenvalue weighted by atomic mass is 16.5. The summed E-state index contributed by atoms with van der Waals surface area (Å²) in [6.45, 7) is 9.19. The predicted molar refractivity (Wildman–Crippen MR) is 101 cm³/mol. The van der Waals surface area contributed by atoms with Crippen molar-refractivity contribution in [1.29, 1.82) is 0 Å². The monoisotopic (exact) mass is 336 g/mol. The van der Waals surface area contributed by atoms with E-state index in [9.17, 15) is 10.2 Å². The lowest BCUT2D eigenvalue weighted by molar-refractivity contribution is 0.279. The second-order valence-corrected chi connectivity index (χ2v) is 6.62. The minimum absolute atomic E-state index is 0.0312. The van der Waals surface area contributed by atoms with Crippen molar-refractivity contribution in [2.24, 2.45) is 0 Å². The van der Waals surface area contributed by atoms with Gasteiger partial charge in [-0.3, -0.25) is 0 Å². The van der Waals surface area contributed by atoms with Crippen molar-refractivity contribution in [3.05, 3.63) is 16.7 Å². The molecular weight excluding hydrogens is 300 g/mol. The second kappa shape index (κ2) is 11.2. The van der Waals surface area contributed by atoms with Crippen molar-refractivity contribution in [1.82, 2.24) is 0 Å². The van der Waals surface area contributed by atoms with E-state index >= 15 is 0 Å². The van der Waals surface area contributed by atoms with Crippen molar-refractivity contribution < 1.29 is 14.9 Å². The van der Waals surface area contributed by atoms with Gasteiger partial charge >= 0.3 is 0 Å². The van der Waals surface area contributed by atoms with Gasteiger partial charge in [-0.1, -0.05) is 66.2 Å². The average Bonchev–Trinajstić information content (AvgIpc) is 2.58. The fourth-order valence-corrected chi connectivity index (χ4v) is 3.30. The van der Waals surface area contributed by atoms with Gasteiger partial charge in [0.05, 0.1) is 6.61 Å². The average molecular weight is 337 g/mol. The summed E-state index contributed by atoms with van der Waals surface area (Å²) in [4.78, 5) is 0. The van der Waals surface area contributed by atoms with Crippen LogP contribution >= 0.6 is 0 Å². The highest BCUT2D eigenvalue weighted by Gasteiger charge is 2.23. The number of ether oxygens (including phenoxy) is 1. The molecule has 0 heterocycles. The number of unbranched alkanes of at least 4 members (excludes halogenated alkanes) is 3. The maximum absolute atomic E-state index is 10.5. The maximum Gasteiger partial charge on any atom is 0.201 e. The van der Waals surface area contributed by atoms with Gasteiger partial charge in [0.25, 0.3) is 0 Å². The summed E-state index contributed by atoms with van der Waals surface area (Å²) < 4.78 is 5.96. The maximum atomic E-state index is 10.5. The minimum Gasteiger partial charge on any atom is -0.504 e. The van der Waals surface area contributed by atoms with Crippen molar-refractivity contribution in [3.8, 4) is 17.2 Å². The van der Waals surface area contributed by atoms with Crippen LogP contribution < -0.4 is 4.74 Å². The highest BCUT2D eigenvalue weighted by Crippen LogP contribution is 2.45. The van der Waals surface area contributed by atoms with Gasteiger partial charge in [0, 0.05) is 11.1 Å². The van der Waals surface area contributed by atoms with Gasteiger partial charge in [-0.25, -0.2) is 0 Å². The molecule has 3 nitrogen and oxygen atoms in total. The van der Waals surface area contributed by atoms with Crippen LogP contribution in [0.15, 0.2) is 0 Å². The zero-order valence-electron chi connectivity index (χ0n) is 16.1. The lowest BCUT2D eigenvalue weighted by Crippen LogP contribution is -2.07. The van der Waals surface area contributed by atoms with Crippen LogP contribution in [-0.2, 0) is 19.3 Å². The minimum atomic E-state index is -0.0581. The van der Waals surface area contributed by atoms with E-state index in [2.05, 4.69) is 27.7 Å². The van der Waals surface area contributed by atoms with E-state index in [1.807, 2.05) is 0 Å². The smallest absolute Gasteiger partial charge is 0.201 e. The van der Waals surface area contributed by atoms with E-state index in [-0.39, 0.29) is 11.5 Å². The van der Waals surface area contributed by atoms with Crippen molar-refractivity contribution in [2.45, 2.75) is 91.9 Å². The lowest BCUT2D eigenvalue weighted by Gasteiger charge is -2.22. The van der Waals surface area contributed by atoms with Gasteiger partial charge in [-0.15, -0.1) is 0 Å². The molecule has 1 aromatic carbocycles. The molecule has 2 N–H and O–H groups in total. The summed E-state index contributed by atoms with van der Waals surface area (Å²) in [6.07, 6.45) is 10.1. The Kier molecular flexibility index (Phi) is 9.66. The second-order valence-electron chi connectivity index (χ2n) is 6.62. The molecule has 0 saturated carbocycles. The number of rotatable bonds is 12. The Morgan fingerprint density at radius 2 is 1.21 bits per heavy atom. The van der Waals surface area contributed by atoms with E-state index in [1.165, 1.54) is 18.4 Å². The molecule has 0 aromatic heterocycles. The van der Waals surface area contributed by atoms with E-state index in [1.54, 1.807) is 0 Å². The summed E-state index contributed by atoms with van der Waals surface area (Å²) >= 11 is 0. The zero-order valence-corrected chi connectivity index (χ0v) is 16.1. The van der Waals surface area contributed by atoms with Crippen LogP contribution in [0.3, 0.4) is 0 Å². The standard InChI is InChI=1S/C21H36O3/c1-5-9-10-11-15-24-21-18(14-8-4)16(12-6-2)17(13-7-3)19(22)20(21)23/h22-23H,5-15H2,1-4H3. The zero-order chi connectivity index (χ0) is 17.9. The number of hydrogen-bond acceptors (Lipinski definition) is 3. The normalized spacial score (nSPS) is 11.0. The lowest BCUT2D eigenvalue weighted by atomic mass is 9.90. The van der Waals surface area contributed by atoms with Crippen molar-refractivity contribution in [2.75, 3.05) is 6.61 Å². The number of hydrogen-bond donors (Lipinski definition) is 2. The molecule has 0 fully saturated rings. The molecule has 1 rings (SSSR count). The van der Waals surface area contributed by atoms with Crippen molar-refractivity contribution >= 4 is 0 Å². The Balaban J connectivity index is 3.18. The fraction of sp³-hybridized carbons (Fsp3) is 0.714. The van der Waals surface area contributed by atoms with Gasteiger partial charge in [0.2, 0.25) is 5.75 Å². The van der Waals surface area contributed by atoms with Crippen LogP contribution in [-0.4, -0.2) is 16.8 Å². The Labute approximate surface area is 148 Å². The SMILES string of the molecule is CCCCCCOc1c(O)c(O)c(CCC)c(CCC)c1CCC. The Morgan fingerprint density at radius 1 is 0.625 bits per heavy atom. The third-order valence-electron chi connectivity index (χ3n) is 4.47. The molecule has 3 heteroatoms. The molecule has 1 aromatic rings. The van der Waals surface area contributed by atoms with Gasteiger partial charge in [0.15, 0.2) is 11.5 Å². The number of phenols is 2. The number of phenolic OH excluding ortho intramolecular Hbond substituents is 2. The Morgan fingerprint density at radius 3 is 1.79 bits per heavy atom. The molecule has 0 atom stereocenters. The summed E-state index contributed by atoms with van der Waals surface area (Å²) in [6, 6.07) is 0. The molecule has 24 heavy (non-hydrogen) atoms. The van der Waals surface area contributed by atoms with Gasteiger partial charge in [0.1, 0.15) is 0 Å². The molecule has 138 valence electrons. The quantitative estimate of drug-likeness (QED) is 0.368. The molecule has 0 aliphatic rings. The molecule has 0 aliphatic carbocycles.